The van der Waals surface area contributed by atoms with Gasteiger partial charge in [-0.25, -0.2) is 0 Å². The second-order valence-corrected chi connectivity index (χ2v) is 7.46. The average molecular weight is 399 g/mol. The Kier molecular flexibility index (Phi) is 6.47. The number of rotatable bonds is 5. The predicted octanol–water partition coefficient (Wildman–Crippen LogP) is 3.82. The zero-order valence-corrected chi connectivity index (χ0v) is 16.5. The number of halogens is 1. The van der Waals surface area contributed by atoms with E-state index >= 15 is 0 Å². The van der Waals surface area contributed by atoms with E-state index in [1.165, 1.54) is 6.92 Å². The first-order valence-electron chi connectivity index (χ1n) is 9.39. The lowest BCUT2D eigenvalue weighted by Gasteiger charge is -2.33. The van der Waals surface area contributed by atoms with Gasteiger partial charge in [-0.15, -0.1) is 0 Å². The lowest BCUT2D eigenvalue weighted by atomic mass is 9.96. The van der Waals surface area contributed by atoms with Gasteiger partial charge in [0.2, 0.25) is 0 Å². The monoisotopic (exact) mass is 398 g/mol. The van der Waals surface area contributed by atoms with E-state index in [0.29, 0.717) is 41.3 Å². The maximum Gasteiger partial charge on any atom is 0.254 e. The van der Waals surface area contributed by atoms with Crippen molar-refractivity contribution in [3.05, 3.63) is 70.2 Å². The van der Waals surface area contributed by atoms with Gasteiger partial charge in [0.05, 0.1) is 16.1 Å². The highest BCUT2D eigenvalue weighted by Gasteiger charge is 2.26. The first-order chi connectivity index (χ1) is 13.5. The molecule has 2 aromatic carbocycles. The van der Waals surface area contributed by atoms with Crippen molar-refractivity contribution in [2.45, 2.75) is 19.8 Å². The summed E-state index contributed by atoms with van der Waals surface area (Å²) in [5.74, 6) is -0.304. The van der Waals surface area contributed by atoms with Crippen molar-refractivity contribution < 1.29 is 14.4 Å². The molecule has 6 heteroatoms. The molecule has 2 aromatic rings. The second kappa shape index (κ2) is 9.02. The van der Waals surface area contributed by atoms with Gasteiger partial charge in [0.25, 0.3) is 11.8 Å². The highest BCUT2D eigenvalue weighted by molar-refractivity contribution is 6.33. The number of carbonyl (C=O) groups excluding carboxylic acids is 3. The van der Waals surface area contributed by atoms with Crippen LogP contribution in [0.25, 0.3) is 0 Å². The minimum atomic E-state index is -0.212. The van der Waals surface area contributed by atoms with Crippen LogP contribution in [0.4, 0.5) is 0 Å². The molecule has 1 N–H and O–H groups in total. The SMILES string of the molecule is CC(=O)c1ccccc1C(=O)N1CCC[C@H](CNC(=O)c2ccccc2Cl)C1. The molecule has 0 bridgehead atoms. The van der Waals surface area contributed by atoms with Crippen LogP contribution in [0.5, 0.6) is 0 Å². The van der Waals surface area contributed by atoms with Gasteiger partial charge in [-0.05, 0) is 43.9 Å². The minimum absolute atomic E-state index is 0.121. The van der Waals surface area contributed by atoms with Gasteiger partial charge in [-0.3, -0.25) is 14.4 Å². The summed E-state index contributed by atoms with van der Waals surface area (Å²) >= 11 is 6.07. The number of amides is 2. The molecule has 0 radical (unpaired) electrons. The van der Waals surface area contributed by atoms with E-state index in [-0.39, 0.29) is 23.5 Å². The van der Waals surface area contributed by atoms with Crippen LogP contribution in [0.2, 0.25) is 5.02 Å². The van der Waals surface area contributed by atoms with Gasteiger partial charge in [0.15, 0.2) is 5.78 Å². The fourth-order valence-electron chi connectivity index (χ4n) is 3.54. The number of hydrogen-bond acceptors (Lipinski definition) is 3. The van der Waals surface area contributed by atoms with Crippen LogP contribution in [0.3, 0.4) is 0 Å². The Morgan fingerprint density at radius 2 is 1.68 bits per heavy atom. The summed E-state index contributed by atoms with van der Waals surface area (Å²) in [6.45, 7) is 3.14. The molecule has 0 unspecified atom stereocenters. The zero-order chi connectivity index (χ0) is 20.1. The van der Waals surface area contributed by atoms with E-state index in [0.717, 1.165) is 12.8 Å². The Morgan fingerprint density at radius 3 is 2.36 bits per heavy atom. The Morgan fingerprint density at radius 1 is 1.04 bits per heavy atom. The molecular formula is C22H23ClN2O3. The molecule has 146 valence electrons. The van der Waals surface area contributed by atoms with Crippen molar-refractivity contribution in [2.75, 3.05) is 19.6 Å². The van der Waals surface area contributed by atoms with Crippen molar-refractivity contribution in [2.24, 2.45) is 5.92 Å². The quantitative estimate of drug-likeness (QED) is 0.778. The molecule has 1 atom stereocenters. The van der Waals surface area contributed by atoms with E-state index in [2.05, 4.69) is 5.32 Å². The molecule has 0 aromatic heterocycles. The number of Topliss-reactive ketones (excluding diaryl/α,β-unsaturated/α-hetero) is 1. The summed E-state index contributed by atoms with van der Waals surface area (Å²) in [7, 11) is 0. The maximum absolute atomic E-state index is 12.9. The molecule has 1 aliphatic rings. The first-order valence-corrected chi connectivity index (χ1v) is 9.77. The van der Waals surface area contributed by atoms with E-state index in [4.69, 9.17) is 11.6 Å². The third kappa shape index (κ3) is 4.60. The standard InChI is InChI=1S/C22H23ClN2O3/c1-15(26)17-8-2-3-9-18(17)22(28)25-12-6-7-16(14-25)13-24-21(27)19-10-4-5-11-20(19)23/h2-5,8-11,16H,6-7,12-14H2,1H3,(H,24,27)/t16-/m1/s1. The van der Waals surface area contributed by atoms with Crippen LogP contribution >= 0.6 is 11.6 Å². The van der Waals surface area contributed by atoms with Crippen LogP contribution in [0.15, 0.2) is 48.5 Å². The Balaban J connectivity index is 1.63. The Hall–Kier alpha value is -2.66. The molecule has 1 heterocycles. The zero-order valence-electron chi connectivity index (χ0n) is 15.8. The van der Waals surface area contributed by atoms with Gasteiger partial charge >= 0.3 is 0 Å². The third-order valence-electron chi connectivity index (χ3n) is 5.01. The summed E-state index contributed by atoms with van der Waals surface area (Å²) in [4.78, 5) is 38.9. The summed E-state index contributed by atoms with van der Waals surface area (Å²) in [5.41, 5.74) is 1.33. The molecule has 28 heavy (non-hydrogen) atoms. The molecule has 0 spiro atoms. The number of benzene rings is 2. The lowest BCUT2D eigenvalue weighted by Crippen LogP contribution is -2.44. The topological polar surface area (TPSA) is 66.5 Å². The third-order valence-corrected chi connectivity index (χ3v) is 5.34. The molecule has 1 fully saturated rings. The molecule has 0 aliphatic carbocycles. The molecule has 2 amide bonds. The van der Waals surface area contributed by atoms with Gasteiger partial charge in [0.1, 0.15) is 0 Å². The number of hydrogen-bond donors (Lipinski definition) is 1. The van der Waals surface area contributed by atoms with Crippen molar-refractivity contribution >= 4 is 29.2 Å². The van der Waals surface area contributed by atoms with Crippen LogP contribution in [-0.2, 0) is 0 Å². The number of carbonyl (C=O) groups is 3. The number of likely N-dealkylation sites (tertiary alicyclic amines) is 1. The van der Waals surface area contributed by atoms with Crippen LogP contribution in [0.1, 0.15) is 50.8 Å². The normalized spacial score (nSPS) is 16.5. The summed E-state index contributed by atoms with van der Waals surface area (Å²) < 4.78 is 0. The number of nitrogens with zero attached hydrogens (tertiary/aromatic N) is 1. The summed E-state index contributed by atoms with van der Waals surface area (Å²) in [6, 6.07) is 13.8. The molecule has 1 aliphatic heterocycles. The predicted molar refractivity (Wildman–Crippen MR) is 109 cm³/mol. The van der Waals surface area contributed by atoms with Crippen molar-refractivity contribution in [3.8, 4) is 0 Å². The fraction of sp³-hybridized carbons (Fsp3) is 0.318. The van der Waals surface area contributed by atoms with Gasteiger partial charge < -0.3 is 10.2 Å². The molecule has 3 rings (SSSR count). The molecular weight excluding hydrogens is 376 g/mol. The average Bonchev–Trinajstić information content (AvgIpc) is 2.72. The lowest BCUT2D eigenvalue weighted by molar-refractivity contribution is 0.0667. The largest absolute Gasteiger partial charge is 0.352 e. The maximum atomic E-state index is 12.9. The van der Waals surface area contributed by atoms with Gasteiger partial charge in [-0.1, -0.05) is 41.9 Å². The molecule has 0 saturated carbocycles. The van der Waals surface area contributed by atoms with Crippen molar-refractivity contribution in [1.82, 2.24) is 10.2 Å². The summed E-state index contributed by atoms with van der Waals surface area (Å²) in [6.07, 6.45) is 1.79. The molecule has 1 saturated heterocycles. The summed E-state index contributed by atoms with van der Waals surface area (Å²) in [5, 5.41) is 3.34. The van der Waals surface area contributed by atoms with E-state index in [9.17, 15) is 14.4 Å². The van der Waals surface area contributed by atoms with E-state index in [1.807, 2.05) is 0 Å². The Bertz CT molecular complexity index is 897. The smallest absolute Gasteiger partial charge is 0.254 e. The number of piperidine rings is 1. The fourth-order valence-corrected chi connectivity index (χ4v) is 3.76. The van der Waals surface area contributed by atoms with Crippen molar-refractivity contribution in [1.29, 1.82) is 0 Å². The Labute approximate surface area is 169 Å². The van der Waals surface area contributed by atoms with E-state index in [1.54, 1.807) is 53.4 Å². The van der Waals surface area contributed by atoms with Gasteiger partial charge in [-0.2, -0.15) is 0 Å². The van der Waals surface area contributed by atoms with Crippen molar-refractivity contribution in [3.63, 3.8) is 0 Å². The minimum Gasteiger partial charge on any atom is -0.352 e. The first kappa shape index (κ1) is 20.1. The van der Waals surface area contributed by atoms with Crippen LogP contribution < -0.4 is 5.32 Å². The van der Waals surface area contributed by atoms with Gasteiger partial charge in [0, 0.05) is 25.2 Å². The van der Waals surface area contributed by atoms with E-state index < -0.39 is 0 Å². The van der Waals surface area contributed by atoms with Crippen LogP contribution in [-0.4, -0.2) is 42.1 Å². The highest BCUT2D eigenvalue weighted by atomic mass is 35.5. The van der Waals surface area contributed by atoms with Crippen LogP contribution in [0, 0.1) is 5.92 Å². The highest BCUT2D eigenvalue weighted by Crippen LogP contribution is 2.21. The number of nitrogens with one attached hydrogen (secondary N) is 1. The molecule has 5 nitrogen and oxygen atoms in total. The second-order valence-electron chi connectivity index (χ2n) is 7.05. The number of ketones is 1.